The second kappa shape index (κ2) is 7.32. The Kier molecular flexibility index (Phi) is 6.19. The molecule has 130 valence electrons. The fourth-order valence-electron chi connectivity index (χ4n) is 1.95. The van der Waals surface area contributed by atoms with Gasteiger partial charge in [0.25, 0.3) is 0 Å². The minimum absolute atomic E-state index is 0.0444. The third-order valence-electron chi connectivity index (χ3n) is 3.62. The van der Waals surface area contributed by atoms with Gasteiger partial charge in [-0.15, -0.1) is 0 Å². The van der Waals surface area contributed by atoms with Crippen molar-refractivity contribution in [2.45, 2.75) is 71.8 Å². The summed E-state index contributed by atoms with van der Waals surface area (Å²) in [5, 5.41) is 16.1. The van der Waals surface area contributed by atoms with Crippen LogP contribution in [-0.2, 0) is 4.74 Å². The monoisotopic (exact) mass is 322 g/mol. The number of aliphatic hydroxyl groups is 1. The van der Waals surface area contributed by atoms with E-state index in [1.165, 1.54) is 0 Å². The standard InChI is InChI=1S/C18H30N2O3/c1-12(19-13(2)18(6,7)22)14-8-10-15(11-9-14)20-16(21)23-17(3,4)5/h8-13,19,22H,1-7H3,(H,20,21). The molecule has 0 radical (unpaired) electrons. The summed E-state index contributed by atoms with van der Waals surface area (Å²) < 4.78 is 5.22. The molecule has 0 heterocycles. The van der Waals surface area contributed by atoms with Gasteiger partial charge in [-0.2, -0.15) is 0 Å². The minimum Gasteiger partial charge on any atom is -0.444 e. The SMILES string of the molecule is CC(NC(C)C(C)(C)O)c1ccc(NC(=O)OC(C)(C)C)cc1. The zero-order chi connectivity index (χ0) is 17.8. The molecular weight excluding hydrogens is 292 g/mol. The van der Waals surface area contributed by atoms with Gasteiger partial charge in [-0.05, 0) is 66.2 Å². The summed E-state index contributed by atoms with van der Waals surface area (Å²) in [6.45, 7) is 13.0. The number of anilines is 1. The number of amides is 1. The van der Waals surface area contributed by atoms with Gasteiger partial charge in [0.05, 0.1) is 5.60 Å². The number of benzene rings is 1. The molecule has 2 unspecified atom stereocenters. The van der Waals surface area contributed by atoms with Gasteiger partial charge in [0.2, 0.25) is 0 Å². The zero-order valence-corrected chi connectivity index (χ0v) is 15.2. The quantitative estimate of drug-likeness (QED) is 0.770. The Morgan fingerprint density at radius 2 is 1.61 bits per heavy atom. The molecule has 0 aliphatic heterocycles. The molecule has 0 saturated carbocycles. The Labute approximate surface area is 139 Å². The molecule has 1 aromatic rings. The predicted molar refractivity (Wildman–Crippen MR) is 93.6 cm³/mol. The molecule has 0 aliphatic rings. The normalized spacial score (nSPS) is 15.0. The van der Waals surface area contributed by atoms with Crippen LogP contribution in [0.1, 0.15) is 60.1 Å². The second-order valence-corrected chi connectivity index (χ2v) is 7.51. The van der Waals surface area contributed by atoms with Crippen LogP contribution in [-0.4, -0.2) is 28.4 Å². The highest BCUT2D eigenvalue weighted by Crippen LogP contribution is 2.19. The highest BCUT2D eigenvalue weighted by atomic mass is 16.6. The average Bonchev–Trinajstić information content (AvgIpc) is 2.35. The number of carbonyl (C=O) groups excluding carboxylic acids is 1. The summed E-state index contributed by atoms with van der Waals surface area (Å²) >= 11 is 0. The molecule has 1 amide bonds. The lowest BCUT2D eigenvalue weighted by Gasteiger charge is -2.30. The molecule has 1 rings (SSSR count). The van der Waals surface area contributed by atoms with Crippen molar-refractivity contribution in [3.05, 3.63) is 29.8 Å². The summed E-state index contributed by atoms with van der Waals surface area (Å²) in [7, 11) is 0. The highest BCUT2D eigenvalue weighted by Gasteiger charge is 2.23. The molecular formula is C18H30N2O3. The van der Waals surface area contributed by atoms with E-state index >= 15 is 0 Å². The van der Waals surface area contributed by atoms with Crippen LogP contribution in [0.5, 0.6) is 0 Å². The van der Waals surface area contributed by atoms with Crippen molar-refractivity contribution in [1.82, 2.24) is 5.32 Å². The molecule has 2 atom stereocenters. The van der Waals surface area contributed by atoms with Gasteiger partial charge in [-0.3, -0.25) is 5.32 Å². The van der Waals surface area contributed by atoms with Crippen LogP contribution >= 0.6 is 0 Å². The van der Waals surface area contributed by atoms with Crippen molar-refractivity contribution in [2.75, 3.05) is 5.32 Å². The van der Waals surface area contributed by atoms with E-state index in [1.54, 1.807) is 13.8 Å². The number of ether oxygens (including phenoxy) is 1. The summed E-state index contributed by atoms with van der Waals surface area (Å²) in [6, 6.07) is 7.62. The lowest BCUT2D eigenvalue weighted by atomic mass is 9.98. The number of carbonyl (C=O) groups is 1. The third-order valence-corrected chi connectivity index (χ3v) is 3.62. The molecule has 0 fully saturated rings. The molecule has 0 aromatic heterocycles. The predicted octanol–water partition coefficient (Wildman–Crippen LogP) is 3.84. The molecule has 5 nitrogen and oxygen atoms in total. The first-order chi connectivity index (χ1) is 10.4. The first-order valence-electron chi connectivity index (χ1n) is 7.97. The van der Waals surface area contributed by atoms with Gasteiger partial charge in [0.15, 0.2) is 0 Å². The maximum Gasteiger partial charge on any atom is 0.412 e. The van der Waals surface area contributed by atoms with Crippen molar-refractivity contribution < 1.29 is 14.6 Å². The van der Waals surface area contributed by atoms with E-state index < -0.39 is 17.3 Å². The lowest BCUT2D eigenvalue weighted by Crippen LogP contribution is -2.45. The van der Waals surface area contributed by atoms with Crippen LogP contribution in [0.25, 0.3) is 0 Å². The van der Waals surface area contributed by atoms with Crippen LogP contribution in [0.2, 0.25) is 0 Å². The van der Waals surface area contributed by atoms with Gasteiger partial charge in [0.1, 0.15) is 5.60 Å². The van der Waals surface area contributed by atoms with Crippen LogP contribution in [0, 0.1) is 0 Å². The van der Waals surface area contributed by atoms with Crippen molar-refractivity contribution in [3.63, 3.8) is 0 Å². The Balaban J connectivity index is 2.64. The first kappa shape index (κ1) is 19.5. The molecule has 1 aromatic carbocycles. The van der Waals surface area contributed by atoms with E-state index in [0.29, 0.717) is 5.69 Å². The summed E-state index contributed by atoms with van der Waals surface area (Å²) in [5.74, 6) is 0. The molecule has 5 heteroatoms. The minimum atomic E-state index is -0.785. The summed E-state index contributed by atoms with van der Waals surface area (Å²) in [6.07, 6.45) is -0.466. The second-order valence-electron chi connectivity index (χ2n) is 7.51. The number of rotatable bonds is 5. The summed E-state index contributed by atoms with van der Waals surface area (Å²) in [5.41, 5.74) is 0.462. The summed E-state index contributed by atoms with van der Waals surface area (Å²) in [4.78, 5) is 11.7. The Bertz CT molecular complexity index is 513. The highest BCUT2D eigenvalue weighted by molar-refractivity contribution is 5.84. The lowest BCUT2D eigenvalue weighted by molar-refractivity contribution is 0.0405. The van der Waals surface area contributed by atoms with E-state index in [0.717, 1.165) is 5.56 Å². The van der Waals surface area contributed by atoms with Crippen LogP contribution < -0.4 is 10.6 Å². The first-order valence-corrected chi connectivity index (χ1v) is 7.97. The van der Waals surface area contributed by atoms with E-state index in [2.05, 4.69) is 10.6 Å². The number of hydrogen-bond acceptors (Lipinski definition) is 4. The third kappa shape index (κ3) is 7.01. The number of hydrogen-bond donors (Lipinski definition) is 3. The van der Waals surface area contributed by atoms with Crippen molar-refractivity contribution in [1.29, 1.82) is 0 Å². The molecule has 0 spiro atoms. The smallest absolute Gasteiger partial charge is 0.412 e. The average molecular weight is 322 g/mol. The molecule has 0 bridgehead atoms. The maximum absolute atomic E-state index is 11.7. The van der Waals surface area contributed by atoms with E-state index in [4.69, 9.17) is 4.74 Å². The van der Waals surface area contributed by atoms with Gasteiger partial charge < -0.3 is 15.2 Å². The molecule has 0 saturated heterocycles. The molecule has 0 aliphatic carbocycles. The van der Waals surface area contributed by atoms with E-state index in [-0.39, 0.29) is 12.1 Å². The molecule has 3 N–H and O–H groups in total. The van der Waals surface area contributed by atoms with E-state index in [1.807, 2.05) is 58.9 Å². The van der Waals surface area contributed by atoms with Crippen LogP contribution in [0.3, 0.4) is 0 Å². The Morgan fingerprint density at radius 1 is 1.09 bits per heavy atom. The fraction of sp³-hybridized carbons (Fsp3) is 0.611. The van der Waals surface area contributed by atoms with Crippen molar-refractivity contribution in [3.8, 4) is 0 Å². The Morgan fingerprint density at radius 3 is 2.04 bits per heavy atom. The van der Waals surface area contributed by atoms with Crippen LogP contribution in [0.4, 0.5) is 10.5 Å². The fourth-order valence-corrected chi connectivity index (χ4v) is 1.95. The van der Waals surface area contributed by atoms with Gasteiger partial charge >= 0.3 is 6.09 Å². The Hall–Kier alpha value is -1.59. The topological polar surface area (TPSA) is 70.6 Å². The largest absolute Gasteiger partial charge is 0.444 e. The van der Waals surface area contributed by atoms with Crippen molar-refractivity contribution in [2.24, 2.45) is 0 Å². The number of nitrogens with one attached hydrogen (secondary N) is 2. The van der Waals surface area contributed by atoms with Crippen LogP contribution in [0.15, 0.2) is 24.3 Å². The van der Waals surface area contributed by atoms with Crippen molar-refractivity contribution >= 4 is 11.8 Å². The van der Waals surface area contributed by atoms with Gasteiger partial charge in [0, 0.05) is 17.8 Å². The zero-order valence-electron chi connectivity index (χ0n) is 15.2. The van der Waals surface area contributed by atoms with E-state index in [9.17, 15) is 9.90 Å². The van der Waals surface area contributed by atoms with Gasteiger partial charge in [-0.25, -0.2) is 4.79 Å². The molecule has 23 heavy (non-hydrogen) atoms. The van der Waals surface area contributed by atoms with Gasteiger partial charge in [-0.1, -0.05) is 12.1 Å². The maximum atomic E-state index is 11.7.